The minimum atomic E-state index is -0.172. The Labute approximate surface area is 122 Å². The van der Waals surface area contributed by atoms with Crippen molar-refractivity contribution in [2.24, 2.45) is 0 Å². The van der Waals surface area contributed by atoms with E-state index in [1.54, 1.807) is 12.1 Å². The molecule has 0 atom stereocenters. The van der Waals surface area contributed by atoms with E-state index in [1.165, 1.54) is 17.4 Å². The highest BCUT2D eigenvalue weighted by Crippen LogP contribution is 2.13. The molecule has 0 aliphatic rings. The quantitative estimate of drug-likeness (QED) is 0.719. The molecule has 0 N–H and O–H groups in total. The third-order valence-electron chi connectivity index (χ3n) is 3.14. The molecule has 0 unspecified atom stereocenters. The highest BCUT2D eigenvalue weighted by molar-refractivity contribution is 7.12. The van der Waals surface area contributed by atoms with Crippen LogP contribution in [0.3, 0.4) is 0 Å². The Hall–Kier alpha value is -1.52. The summed E-state index contributed by atoms with van der Waals surface area (Å²) in [5, 5.41) is 1.91. The van der Waals surface area contributed by atoms with Gasteiger partial charge in [-0.25, -0.2) is 4.39 Å². The third kappa shape index (κ3) is 4.25. The Kier molecular flexibility index (Phi) is 5.44. The fraction of sp³-hybridized carbons (Fsp3) is 0.312. The normalized spacial score (nSPS) is 10.9. The lowest BCUT2D eigenvalue weighted by Crippen LogP contribution is -2.20. The second kappa shape index (κ2) is 7.31. The van der Waals surface area contributed by atoms with Crippen LogP contribution in [-0.4, -0.2) is 24.3 Å². The van der Waals surface area contributed by atoms with Crippen molar-refractivity contribution in [3.63, 3.8) is 0 Å². The van der Waals surface area contributed by atoms with E-state index in [9.17, 15) is 9.18 Å². The summed E-state index contributed by atoms with van der Waals surface area (Å²) >= 11 is 1.48. The molecule has 4 heteroatoms. The SMILES string of the molecule is CN(CCCC(=O)c1cccs1)Cc1ccccc1F. The molecule has 1 aromatic carbocycles. The number of hydrogen-bond acceptors (Lipinski definition) is 3. The highest BCUT2D eigenvalue weighted by Gasteiger charge is 2.08. The van der Waals surface area contributed by atoms with Gasteiger partial charge in [0, 0.05) is 18.5 Å². The van der Waals surface area contributed by atoms with Crippen LogP contribution in [0.15, 0.2) is 41.8 Å². The molecule has 0 aliphatic carbocycles. The standard InChI is InChI=1S/C16H18FNOS/c1-18(12-13-6-2-3-7-14(13)17)10-4-8-15(19)16-9-5-11-20-16/h2-3,5-7,9,11H,4,8,10,12H2,1H3. The van der Waals surface area contributed by atoms with Gasteiger partial charge in [-0.2, -0.15) is 0 Å². The number of hydrogen-bond donors (Lipinski definition) is 0. The molecule has 0 spiro atoms. The first-order valence-electron chi connectivity index (χ1n) is 6.65. The molecule has 20 heavy (non-hydrogen) atoms. The zero-order valence-electron chi connectivity index (χ0n) is 11.5. The zero-order valence-corrected chi connectivity index (χ0v) is 12.3. The lowest BCUT2D eigenvalue weighted by molar-refractivity contribution is 0.0980. The fourth-order valence-corrected chi connectivity index (χ4v) is 2.76. The van der Waals surface area contributed by atoms with E-state index in [2.05, 4.69) is 0 Å². The Morgan fingerprint density at radius 3 is 2.75 bits per heavy atom. The third-order valence-corrected chi connectivity index (χ3v) is 4.05. The number of carbonyl (C=O) groups excluding carboxylic acids is 1. The maximum Gasteiger partial charge on any atom is 0.172 e. The Morgan fingerprint density at radius 1 is 1.25 bits per heavy atom. The Morgan fingerprint density at radius 2 is 2.05 bits per heavy atom. The van der Waals surface area contributed by atoms with Crippen LogP contribution in [-0.2, 0) is 6.54 Å². The van der Waals surface area contributed by atoms with Crippen LogP contribution < -0.4 is 0 Å². The van der Waals surface area contributed by atoms with Gasteiger partial charge in [0.05, 0.1) is 4.88 Å². The maximum absolute atomic E-state index is 13.5. The molecule has 106 valence electrons. The van der Waals surface area contributed by atoms with Crippen LogP contribution in [0.25, 0.3) is 0 Å². The van der Waals surface area contributed by atoms with Crippen LogP contribution >= 0.6 is 11.3 Å². The molecule has 0 fully saturated rings. The van der Waals surface area contributed by atoms with Crippen LogP contribution in [0.5, 0.6) is 0 Å². The Balaban J connectivity index is 1.74. The van der Waals surface area contributed by atoms with Crippen LogP contribution in [0, 0.1) is 5.82 Å². The molecule has 1 aromatic heterocycles. The molecule has 2 rings (SSSR count). The van der Waals surface area contributed by atoms with Crippen LogP contribution in [0.2, 0.25) is 0 Å². The minimum Gasteiger partial charge on any atom is -0.302 e. The van der Waals surface area contributed by atoms with E-state index in [0.29, 0.717) is 18.5 Å². The van der Waals surface area contributed by atoms with Crippen molar-refractivity contribution in [2.75, 3.05) is 13.6 Å². The molecule has 0 bridgehead atoms. The Bertz CT molecular complexity index is 553. The molecular formula is C16H18FNOS. The van der Waals surface area contributed by atoms with Crippen molar-refractivity contribution in [3.8, 4) is 0 Å². The zero-order chi connectivity index (χ0) is 14.4. The lowest BCUT2D eigenvalue weighted by Gasteiger charge is -2.16. The number of rotatable bonds is 7. The van der Waals surface area contributed by atoms with Gasteiger partial charge < -0.3 is 4.90 Å². The smallest absolute Gasteiger partial charge is 0.172 e. The van der Waals surface area contributed by atoms with E-state index in [-0.39, 0.29) is 11.6 Å². The number of Topliss-reactive ketones (excluding diaryl/α,β-unsaturated/α-hetero) is 1. The summed E-state index contributed by atoms with van der Waals surface area (Å²) in [6.45, 7) is 1.35. The molecule has 1 heterocycles. The van der Waals surface area contributed by atoms with E-state index in [4.69, 9.17) is 0 Å². The molecular weight excluding hydrogens is 273 g/mol. The average Bonchev–Trinajstić information content (AvgIpc) is 2.95. The molecule has 0 amide bonds. The fourth-order valence-electron chi connectivity index (χ4n) is 2.07. The summed E-state index contributed by atoms with van der Waals surface area (Å²) < 4.78 is 13.5. The monoisotopic (exact) mass is 291 g/mol. The summed E-state index contributed by atoms with van der Waals surface area (Å²) in [7, 11) is 1.95. The summed E-state index contributed by atoms with van der Waals surface area (Å²) in [6.07, 6.45) is 1.34. The van der Waals surface area contributed by atoms with Gasteiger partial charge in [-0.3, -0.25) is 4.79 Å². The first-order chi connectivity index (χ1) is 9.66. The van der Waals surface area contributed by atoms with Crippen molar-refractivity contribution in [3.05, 3.63) is 58.0 Å². The number of thiophene rings is 1. The van der Waals surface area contributed by atoms with Gasteiger partial charge in [0.25, 0.3) is 0 Å². The van der Waals surface area contributed by atoms with Crippen LogP contribution in [0.4, 0.5) is 4.39 Å². The molecule has 0 saturated carbocycles. The van der Waals surface area contributed by atoms with Gasteiger partial charge in [-0.15, -0.1) is 11.3 Å². The second-order valence-electron chi connectivity index (χ2n) is 4.83. The van der Waals surface area contributed by atoms with Gasteiger partial charge in [-0.1, -0.05) is 24.3 Å². The van der Waals surface area contributed by atoms with Crippen molar-refractivity contribution in [2.45, 2.75) is 19.4 Å². The number of halogens is 1. The predicted octanol–water partition coefficient (Wildman–Crippen LogP) is 3.98. The van der Waals surface area contributed by atoms with Gasteiger partial charge in [0.15, 0.2) is 5.78 Å². The second-order valence-corrected chi connectivity index (χ2v) is 5.78. The summed E-state index contributed by atoms with van der Waals surface area (Å²) in [5.41, 5.74) is 0.694. The van der Waals surface area contributed by atoms with E-state index in [0.717, 1.165) is 17.8 Å². The summed E-state index contributed by atoms with van der Waals surface area (Å²) in [5.74, 6) is 0.0216. The van der Waals surface area contributed by atoms with Gasteiger partial charge in [-0.05, 0) is 37.5 Å². The molecule has 0 saturated heterocycles. The highest BCUT2D eigenvalue weighted by atomic mass is 32.1. The van der Waals surface area contributed by atoms with Gasteiger partial charge in [0.1, 0.15) is 5.82 Å². The van der Waals surface area contributed by atoms with Crippen molar-refractivity contribution in [1.29, 1.82) is 0 Å². The molecule has 0 radical (unpaired) electrons. The summed E-state index contributed by atoms with van der Waals surface area (Å²) in [4.78, 5) is 14.7. The number of ketones is 1. The molecule has 2 aromatic rings. The van der Waals surface area contributed by atoms with Gasteiger partial charge >= 0.3 is 0 Å². The maximum atomic E-state index is 13.5. The topological polar surface area (TPSA) is 20.3 Å². The van der Waals surface area contributed by atoms with Gasteiger partial charge in [0.2, 0.25) is 0 Å². The largest absolute Gasteiger partial charge is 0.302 e. The minimum absolute atomic E-state index is 0.172. The summed E-state index contributed by atoms with van der Waals surface area (Å²) in [6, 6.07) is 10.6. The molecule has 2 nitrogen and oxygen atoms in total. The number of benzene rings is 1. The van der Waals surface area contributed by atoms with Crippen molar-refractivity contribution in [1.82, 2.24) is 4.90 Å². The molecule has 0 aliphatic heterocycles. The number of nitrogens with zero attached hydrogens (tertiary/aromatic N) is 1. The average molecular weight is 291 g/mol. The van der Waals surface area contributed by atoms with E-state index < -0.39 is 0 Å². The van der Waals surface area contributed by atoms with Crippen molar-refractivity contribution >= 4 is 17.1 Å². The lowest BCUT2D eigenvalue weighted by atomic mass is 10.1. The first kappa shape index (κ1) is 14.9. The van der Waals surface area contributed by atoms with Crippen molar-refractivity contribution < 1.29 is 9.18 Å². The predicted molar refractivity (Wildman–Crippen MR) is 80.6 cm³/mol. The van der Waals surface area contributed by atoms with E-state index in [1.807, 2.05) is 35.5 Å². The van der Waals surface area contributed by atoms with Crippen LogP contribution in [0.1, 0.15) is 28.1 Å². The first-order valence-corrected chi connectivity index (χ1v) is 7.53. The number of carbonyl (C=O) groups is 1. The van der Waals surface area contributed by atoms with E-state index >= 15 is 0 Å².